The zero-order valence-electron chi connectivity index (χ0n) is 13.0. The van der Waals surface area contributed by atoms with E-state index >= 15 is 0 Å². The summed E-state index contributed by atoms with van der Waals surface area (Å²) < 4.78 is 37.8. The van der Waals surface area contributed by atoms with Gasteiger partial charge in [-0.2, -0.15) is 13.2 Å². The highest BCUT2D eigenvalue weighted by Gasteiger charge is 2.43. The zero-order chi connectivity index (χ0) is 17.3. The Balaban J connectivity index is 1.78. The molecule has 2 saturated heterocycles. The molecule has 0 aromatic heterocycles. The van der Waals surface area contributed by atoms with Crippen molar-refractivity contribution in [3.63, 3.8) is 0 Å². The molecular formula is C16H19ClF3N3O. The van der Waals surface area contributed by atoms with Crippen LogP contribution in [0.5, 0.6) is 0 Å². The van der Waals surface area contributed by atoms with Crippen LogP contribution in [0.1, 0.15) is 18.0 Å². The number of piperazine rings is 1. The van der Waals surface area contributed by atoms with Crippen LogP contribution in [-0.4, -0.2) is 60.6 Å². The van der Waals surface area contributed by atoms with Gasteiger partial charge in [-0.25, -0.2) is 0 Å². The number of nitrogens with one attached hydrogen (secondary N) is 1. The lowest BCUT2D eigenvalue weighted by Crippen LogP contribution is -2.53. The molecule has 2 atom stereocenters. The minimum absolute atomic E-state index is 0.0720. The Kier molecular flexibility index (Phi) is 5.03. The van der Waals surface area contributed by atoms with E-state index in [9.17, 15) is 18.0 Å². The van der Waals surface area contributed by atoms with Crippen LogP contribution in [0.3, 0.4) is 0 Å². The molecule has 1 N–H and O–H groups in total. The predicted molar refractivity (Wildman–Crippen MR) is 84.8 cm³/mol. The maximum absolute atomic E-state index is 12.6. The Labute approximate surface area is 143 Å². The molecule has 0 spiro atoms. The average molecular weight is 362 g/mol. The molecule has 0 saturated carbocycles. The van der Waals surface area contributed by atoms with Crippen molar-refractivity contribution in [1.29, 1.82) is 0 Å². The normalized spacial score (nSPS) is 26.2. The number of hydrogen-bond acceptors (Lipinski definition) is 3. The van der Waals surface area contributed by atoms with Gasteiger partial charge in [-0.05, 0) is 24.1 Å². The molecule has 132 valence electrons. The summed E-state index contributed by atoms with van der Waals surface area (Å²) in [4.78, 5) is 15.4. The van der Waals surface area contributed by atoms with Crippen LogP contribution in [0, 0.1) is 0 Å². The number of alkyl halides is 3. The summed E-state index contributed by atoms with van der Waals surface area (Å²) in [6.45, 7) is 0.947. The number of likely N-dealkylation sites (tertiary alicyclic amines) is 1. The van der Waals surface area contributed by atoms with E-state index in [1.165, 1.54) is 0 Å². The van der Waals surface area contributed by atoms with Crippen molar-refractivity contribution in [2.45, 2.75) is 24.7 Å². The number of hydrogen-bond donors (Lipinski definition) is 1. The number of benzene rings is 1. The van der Waals surface area contributed by atoms with Crippen molar-refractivity contribution in [2.24, 2.45) is 0 Å². The summed E-state index contributed by atoms with van der Waals surface area (Å²) in [5.74, 6) is -0.429. The summed E-state index contributed by atoms with van der Waals surface area (Å²) in [7, 11) is 0. The summed E-state index contributed by atoms with van der Waals surface area (Å²) in [5, 5.41) is 3.89. The van der Waals surface area contributed by atoms with Gasteiger partial charge in [-0.15, -0.1) is 0 Å². The van der Waals surface area contributed by atoms with Crippen LogP contribution in [-0.2, 0) is 4.79 Å². The molecule has 24 heavy (non-hydrogen) atoms. The van der Waals surface area contributed by atoms with Crippen molar-refractivity contribution in [2.75, 3.05) is 32.7 Å². The van der Waals surface area contributed by atoms with Gasteiger partial charge in [0.25, 0.3) is 0 Å². The zero-order valence-corrected chi connectivity index (χ0v) is 13.8. The monoisotopic (exact) mass is 361 g/mol. The van der Waals surface area contributed by atoms with Gasteiger partial charge < -0.3 is 10.2 Å². The van der Waals surface area contributed by atoms with Gasteiger partial charge in [-0.3, -0.25) is 9.69 Å². The SMILES string of the molecule is O=C1C(N2CCNCC2c2cccc(Cl)c2)CCN1CC(F)(F)F. The van der Waals surface area contributed by atoms with E-state index in [0.717, 1.165) is 10.5 Å². The quantitative estimate of drug-likeness (QED) is 0.898. The van der Waals surface area contributed by atoms with Gasteiger partial charge in [0.05, 0.1) is 6.04 Å². The first-order valence-corrected chi connectivity index (χ1v) is 8.30. The summed E-state index contributed by atoms with van der Waals surface area (Å²) in [5.41, 5.74) is 0.969. The van der Waals surface area contributed by atoms with Gasteiger partial charge in [0.2, 0.25) is 5.91 Å². The molecule has 2 aliphatic heterocycles. The standard InChI is InChI=1S/C16H19ClF3N3O/c17-12-3-1-2-11(8-12)14-9-21-5-7-23(14)13-4-6-22(15(13)24)10-16(18,19)20/h1-3,8,13-14,21H,4-7,9-10H2. The second kappa shape index (κ2) is 6.90. The molecule has 2 fully saturated rings. The molecule has 2 aliphatic rings. The minimum Gasteiger partial charge on any atom is -0.332 e. The third-order valence-corrected chi connectivity index (χ3v) is 4.79. The lowest BCUT2D eigenvalue weighted by Gasteiger charge is -2.39. The Morgan fingerprint density at radius 3 is 2.75 bits per heavy atom. The molecular weight excluding hydrogens is 343 g/mol. The van der Waals surface area contributed by atoms with E-state index in [4.69, 9.17) is 11.6 Å². The average Bonchev–Trinajstić information content (AvgIpc) is 2.86. The van der Waals surface area contributed by atoms with Crippen LogP contribution in [0.15, 0.2) is 24.3 Å². The fourth-order valence-corrected chi connectivity index (χ4v) is 3.72. The number of halogens is 4. The van der Waals surface area contributed by atoms with E-state index in [1.54, 1.807) is 6.07 Å². The number of rotatable bonds is 3. The van der Waals surface area contributed by atoms with Crippen molar-refractivity contribution in [3.05, 3.63) is 34.9 Å². The highest BCUT2D eigenvalue weighted by atomic mass is 35.5. The summed E-state index contributed by atoms with van der Waals surface area (Å²) in [6, 6.07) is 6.83. The van der Waals surface area contributed by atoms with Crippen molar-refractivity contribution >= 4 is 17.5 Å². The Bertz CT molecular complexity index is 610. The van der Waals surface area contributed by atoms with E-state index in [2.05, 4.69) is 5.32 Å². The smallest absolute Gasteiger partial charge is 0.332 e. The van der Waals surface area contributed by atoms with Crippen LogP contribution in [0.4, 0.5) is 13.2 Å². The molecule has 0 aliphatic carbocycles. The first-order chi connectivity index (χ1) is 11.3. The largest absolute Gasteiger partial charge is 0.406 e. The van der Waals surface area contributed by atoms with Gasteiger partial charge in [0, 0.05) is 37.2 Å². The molecule has 2 heterocycles. The third kappa shape index (κ3) is 3.84. The number of nitrogens with zero attached hydrogens (tertiary/aromatic N) is 2. The first kappa shape index (κ1) is 17.5. The van der Waals surface area contributed by atoms with E-state index in [-0.39, 0.29) is 12.6 Å². The second-order valence-corrected chi connectivity index (χ2v) is 6.63. The van der Waals surface area contributed by atoms with E-state index < -0.39 is 24.7 Å². The Morgan fingerprint density at radius 1 is 1.25 bits per heavy atom. The highest BCUT2D eigenvalue weighted by molar-refractivity contribution is 6.30. The summed E-state index contributed by atoms with van der Waals surface area (Å²) >= 11 is 6.06. The van der Waals surface area contributed by atoms with Gasteiger partial charge in [0.1, 0.15) is 6.54 Å². The van der Waals surface area contributed by atoms with Crippen LogP contribution >= 0.6 is 11.6 Å². The summed E-state index contributed by atoms with van der Waals surface area (Å²) in [6.07, 6.45) is -3.94. The molecule has 1 amide bonds. The minimum atomic E-state index is -4.36. The number of amides is 1. The van der Waals surface area contributed by atoms with Crippen molar-refractivity contribution < 1.29 is 18.0 Å². The molecule has 2 unspecified atom stereocenters. The van der Waals surface area contributed by atoms with Crippen LogP contribution < -0.4 is 5.32 Å². The topological polar surface area (TPSA) is 35.6 Å². The van der Waals surface area contributed by atoms with Gasteiger partial charge in [-0.1, -0.05) is 23.7 Å². The van der Waals surface area contributed by atoms with Crippen LogP contribution in [0.25, 0.3) is 0 Å². The molecule has 0 radical (unpaired) electrons. The van der Waals surface area contributed by atoms with E-state index in [1.807, 2.05) is 23.1 Å². The lowest BCUT2D eigenvalue weighted by atomic mass is 10.0. The maximum atomic E-state index is 12.6. The first-order valence-electron chi connectivity index (χ1n) is 7.92. The Hall–Kier alpha value is -1.31. The van der Waals surface area contributed by atoms with Crippen molar-refractivity contribution in [3.8, 4) is 0 Å². The lowest BCUT2D eigenvalue weighted by molar-refractivity contribution is -0.159. The molecule has 8 heteroatoms. The number of carbonyl (C=O) groups is 1. The predicted octanol–water partition coefficient (Wildman–Crippen LogP) is 2.45. The van der Waals surface area contributed by atoms with Gasteiger partial charge >= 0.3 is 6.18 Å². The molecule has 1 aromatic carbocycles. The van der Waals surface area contributed by atoms with Gasteiger partial charge in [0.15, 0.2) is 0 Å². The second-order valence-electron chi connectivity index (χ2n) is 6.19. The fourth-order valence-electron chi connectivity index (χ4n) is 3.52. The molecule has 4 nitrogen and oxygen atoms in total. The molecule has 1 aromatic rings. The molecule has 0 bridgehead atoms. The van der Waals surface area contributed by atoms with Crippen molar-refractivity contribution in [1.82, 2.24) is 15.1 Å². The third-order valence-electron chi connectivity index (χ3n) is 4.56. The fraction of sp³-hybridized carbons (Fsp3) is 0.562. The molecule has 3 rings (SSSR count). The Morgan fingerprint density at radius 2 is 2.04 bits per heavy atom. The highest BCUT2D eigenvalue weighted by Crippen LogP contribution is 2.31. The van der Waals surface area contributed by atoms with Crippen LogP contribution in [0.2, 0.25) is 5.02 Å². The van der Waals surface area contributed by atoms with E-state index in [0.29, 0.717) is 31.1 Å². The number of carbonyl (C=O) groups excluding carboxylic acids is 1. The maximum Gasteiger partial charge on any atom is 0.406 e.